The predicted molar refractivity (Wildman–Crippen MR) is 87.4 cm³/mol. The lowest BCUT2D eigenvalue weighted by molar-refractivity contribution is -0.129. The van der Waals surface area contributed by atoms with Gasteiger partial charge in [0.15, 0.2) is 0 Å². The zero-order valence-electron chi connectivity index (χ0n) is 14.6. The zero-order chi connectivity index (χ0) is 17.1. The van der Waals surface area contributed by atoms with Crippen LogP contribution in [0.15, 0.2) is 12.4 Å². The van der Waals surface area contributed by atoms with Crippen LogP contribution in [-0.2, 0) is 18.4 Å². The number of hydrogen-bond donors (Lipinski definition) is 1. The molecule has 2 heterocycles. The minimum absolute atomic E-state index is 0.125. The number of nitrogens with zero attached hydrogens (tertiary/aromatic N) is 4. The third-order valence-corrected chi connectivity index (χ3v) is 4.01. The number of imide groups is 1. The topological polar surface area (TPSA) is 70.5 Å². The molecule has 1 saturated heterocycles. The molecule has 0 saturated carbocycles. The van der Waals surface area contributed by atoms with E-state index in [-0.39, 0.29) is 18.0 Å². The fraction of sp³-hybridized carbons (Fsp3) is 0.688. The smallest absolute Gasteiger partial charge is 0.325 e. The average molecular weight is 321 g/mol. The van der Waals surface area contributed by atoms with E-state index in [0.717, 1.165) is 5.56 Å². The summed E-state index contributed by atoms with van der Waals surface area (Å²) in [6.07, 6.45) is 4.43. The standard InChI is InChI=1S/C16H27N5O2/c1-11(2)6-14-15(22)21(16(23)18-14)10-20(12(3)4)9-13-7-17-19(5)8-13/h7-8,11-12,14H,6,9-10H2,1-5H3,(H,18,23). The Morgan fingerprint density at radius 1 is 1.30 bits per heavy atom. The Morgan fingerprint density at radius 3 is 2.52 bits per heavy atom. The number of amides is 3. The Hall–Kier alpha value is -1.89. The van der Waals surface area contributed by atoms with E-state index in [4.69, 9.17) is 0 Å². The maximum Gasteiger partial charge on any atom is 0.325 e. The highest BCUT2D eigenvalue weighted by molar-refractivity contribution is 6.04. The second-order valence-corrected chi connectivity index (χ2v) is 6.90. The van der Waals surface area contributed by atoms with Crippen molar-refractivity contribution < 1.29 is 9.59 Å². The number of urea groups is 1. The summed E-state index contributed by atoms with van der Waals surface area (Å²) in [5, 5.41) is 6.96. The third kappa shape index (κ3) is 4.31. The van der Waals surface area contributed by atoms with E-state index < -0.39 is 6.04 Å². The third-order valence-electron chi connectivity index (χ3n) is 4.01. The zero-order valence-corrected chi connectivity index (χ0v) is 14.6. The summed E-state index contributed by atoms with van der Waals surface area (Å²) in [6.45, 7) is 9.15. The van der Waals surface area contributed by atoms with Gasteiger partial charge in [-0.15, -0.1) is 0 Å². The Morgan fingerprint density at radius 2 is 2.00 bits per heavy atom. The van der Waals surface area contributed by atoms with Gasteiger partial charge in [-0.2, -0.15) is 5.10 Å². The molecule has 3 amide bonds. The van der Waals surface area contributed by atoms with E-state index in [0.29, 0.717) is 25.6 Å². The fourth-order valence-electron chi connectivity index (χ4n) is 2.71. The Kier molecular flexibility index (Phi) is 5.41. The van der Waals surface area contributed by atoms with E-state index in [1.165, 1.54) is 4.90 Å². The first kappa shape index (κ1) is 17.5. The van der Waals surface area contributed by atoms with Gasteiger partial charge < -0.3 is 5.32 Å². The van der Waals surface area contributed by atoms with Crippen LogP contribution in [0.25, 0.3) is 0 Å². The average Bonchev–Trinajstić information content (AvgIpc) is 2.96. The van der Waals surface area contributed by atoms with Gasteiger partial charge in [-0.1, -0.05) is 13.8 Å². The lowest BCUT2D eigenvalue weighted by Gasteiger charge is -2.29. The first-order chi connectivity index (χ1) is 10.8. The van der Waals surface area contributed by atoms with Crippen LogP contribution in [0.2, 0.25) is 0 Å². The van der Waals surface area contributed by atoms with Crippen molar-refractivity contribution in [3.05, 3.63) is 18.0 Å². The number of aryl methyl sites for hydroxylation is 1. The fourth-order valence-corrected chi connectivity index (χ4v) is 2.71. The van der Waals surface area contributed by atoms with Crippen molar-refractivity contribution in [3.8, 4) is 0 Å². The molecular weight excluding hydrogens is 294 g/mol. The van der Waals surface area contributed by atoms with E-state index in [2.05, 4.69) is 29.2 Å². The van der Waals surface area contributed by atoms with Crippen molar-refractivity contribution in [2.24, 2.45) is 13.0 Å². The summed E-state index contributed by atoms with van der Waals surface area (Å²) in [5.41, 5.74) is 1.06. The number of hydrogen-bond acceptors (Lipinski definition) is 4. The van der Waals surface area contributed by atoms with Gasteiger partial charge in [-0.25, -0.2) is 9.69 Å². The molecule has 2 rings (SSSR count). The predicted octanol–water partition coefficient (Wildman–Crippen LogP) is 1.55. The molecule has 7 nitrogen and oxygen atoms in total. The van der Waals surface area contributed by atoms with Crippen LogP contribution >= 0.6 is 0 Å². The van der Waals surface area contributed by atoms with Gasteiger partial charge in [-0.05, 0) is 26.2 Å². The number of carbonyl (C=O) groups is 2. The van der Waals surface area contributed by atoms with Crippen molar-refractivity contribution in [1.29, 1.82) is 0 Å². The van der Waals surface area contributed by atoms with Gasteiger partial charge in [0.1, 0.15) is 6.04 Å². The number of nitrogens with one attached hydrogen (secondary N) is 1. The maximum atomic E-state index is 12.5. The SMILES string of the molecule is CC(C)CC1NC(=O)N(CN(Cc2cnn(C)c2)C(C)C)C1=O. The number of carbonyl (C=O) groups excluding carboxylic acids is 2. The van der Waals surface area contributed by atoms with Crippen molar-refractivity contribution >= 4 is 11.9 Å². The first-order valence-electron chi connectivity index (χ1n) is 8.11. The highest BCUT2D eigenvalue weighted by atomic mass is 16.2. The van der Waals surface area contributed by atoms with Crippen molar-refractivity contribution in [2.45, 2.75) is 52.7 Å². The second kappa shape index (κ2) is 7.12. The summed E-state index contributed by atoms with van der Waals surface area (Å²) >= 11 is 0. The Labute approximate surface area is 137 Å². The molecule has 1 atom stereocenters. The molecule has 0 aromatic carbocycles. The highest BCUT2D eigenvalue weighted by Gasteiger charge is 2.39. The summed E-state index contributed by atoms with van der Waals surface area (Å²) in [5.74, 6) is 0.237. The van der Waals surface area contributed by atoms with Gasteiger partial charge in [0.25, 0.3) is 5.91 Å². The molecule has 1 unspecified atom stereocenters. The molecule has 1 aliphatic heterocycles. The van der Waals surface area contributed by atoms with Gasteiger partial charge in [0.05, 0.1) is 12.9 Å². The number of rotatable bonds is 7. The molecule has 7 heteroatoms. The molecular formula is C16H27N5O2. The Bertz CT molecular complexity index is 567. The maximum absolute atomic E-state index is 12.5. The molecule has 1 N–H and O–H groups in total. The van der Waals surface area contributed by atoms with E-state index in [9.17, 15) is 9.59 Å². The molecule has 1 aromatic rings. The largest absolute Gasteiger partial charge is 0.326 e. The van der Waals surface area contributed by atoms with Crippen LogP contribution in [0, 0.1) is 5.92 Å². The normalized spacial score (nSPS) is 18.6. The summed E-state index contributed by atoms with van der Waals surface area (Å²) < 4.78 is 1.75. The summed E-state index contributed by atoms with van der Waals surface area (Å²) in [4.78, 5) is 28.0. The highest BCUT2D eigenvalue weighted by Crippen LogP contribution is 2.16. The quantitative estimate of drug-likeness (QED) is 0.774. The van der Waals surface area contributed by atoms with Crippen LogP contribution in [0.4, 0.5) is 4.79 Å². The summed E-state index contributed by atoms with van der Waals surface area (Å²) in [7, 11) is 1.87. The van der Waals surface area contributed by atoms with Crippen LogP contribution in [0.1, 0.15) is 39.7 Å². The monoisotopic (exact) mass is 321 g/mol. The lowest BCUT2D eigenvalue weighted by Crippen LogP contribution is -2.44. The van der Waals surface area contributed by atoms with Crippen LogP contribution < -0.4 is 5.32 Å². The van der Waals surface area contributed by atoms with E-state index >= 15 is 0 Å². The summed E-state index contributed by atoms with van der Waals surface area (Å²) in [6, 6.07) is -0.479. The van der Waals surface area contributed by atoms with Gasteiger partial charge in [0, 0.05) is 31.4 Å². The van der Waals surface area contributed by atoms with E-state index in [1.54, 1.807) is 4.68 Å². The molecule has 23 heavy (non-hydrogen) atoms. The van der Waals surface area contributed by atoms with Gasteiger partial charge >= 0.3 is 6.03 Å². The van der Waals surface area contributed by atoms with Crippen LogP contribution in [0.5, 0.6) is 0 Å². The molecule has 0 bridgehead atoms. The molecule has 0 spiro atoms. The van der Waals surface area contributed by atoms with Crippen molar-refractivity contribution in [3.63, 3.8) is 0 Å². The lowest BCUT2D eigenvalue weighted by atomic mass is 10.0. The number of aromatic nitrogens is 2. The van der Waals surface area contributed by atoms with E-state index in [1.807, 2.05) is 33.3 Å². The van der Waals surface area contributed by atoms with Gasteiger partial charge in [0.2, 0.25) is 0 Å². The van der Waals surface area contributed by atoms with Crippen LogP contribution in [0.3, 0.4) is 0 Å². The van der Waals surface area contributed by atoms with Gasteiger partial charge in [-0.3, -0.25) is 14.4 Å². The van der Waals surface area contributed by atoms with Crippen molar-refractivity contribution in [1.82, 2.24) is 24.9 Å². The second-order valence-electron chi connectivity index (χ2n) is 6.90. The Balaban J connectivity index is 2.04. The molecule has 128 valence electrons. The molecule has 1 aliphatic rings. The molecule has 1 fully saturated rings. The van der Waals surface area contributed by atoms with Crippen LogP contribution in [-0.4, -0.2) is 50.3 Å². The molecule has 0 aliphatic carbocycles. The minimum atomic E-state index is -0.394. The minimum Gasteiger partial charge on any atom is -0.326 e. The molecule has 1 aromatic heterocycles. The van der Waals surface area contributed by atoms with Crippen molar-refractivity contribution in [2.75, 3.05) is 6.67 Å². The first-order valence-corrected chi connectivity index (χ1v) is 8.11. The molecule has 0 radical (unpaired) electrons.